The van der Waals surface area contributed by atoms with Crippen LogP contribution >= 0.6 is 11.3 Å². The second kappa shape index (κ2) is 4.09. The SMILES string of the molecule is Cc1ncc(CN2CC3CCC(O)C3C2)s1. The number of hydrogen-bond acceptors (Lipinski definition) is 4. The molecule has 0 bridgehead atoms. The maximum atomic E-state index is 9.85. The van der Waals surface area contributed by atoms with Gasteiger partial charge in [-0.25, -0.2) is 4.98 Å². The van der Waals surface area contributed by atoms with Crippen LogP contribution in [-0.2, 0) is 6.54 Å². The smallest absolute Gasteiger partial charge is 0.0897 e. The normalized spacial score (nSPS) is 34.5. The van der Waals surface area contributed by atoms with Crippen LogP contribution in [0.25, 0.3) is 0 Å². The Morgan fingerprint density at radius 2 is 2.38 bits per heavy atom. The number of likely N-dealkylation sites (tertiary alicyclic amines) is 1. The molecule has 2 aliphatic rings. The van der Waals surface area contributed by atoms with Crippen LogP contribution in [0.5, 0.6) is 0 Å². The highest BCUT2D eigenvalue weighted by Gasteiger charge is 2.41. The molecule has 1 aliphatic heterocycles. The second-order valence-corrected chi connectivity index (χ2v) is 6.43. The summed E-state index contributed by atoms with van der Waals surface area (Å²) in [5.41, 5.74) is 0. The third-order valence-corrected chi connectivity index (χ3v) is 4.84. The Balaban J connectivity index is 1.62. The lowest BCUT2D eigenvalue weighted by atomic mass is 10.00. The Kier molecular flexibility index (Phi) is 2.73. The first-order chi connectivity index (χ1) is 7.72. The molecule has 0 spiro atoms. The van der Waals surface area contributed by atoms with Gasteiger partial charge in [-0.1, -0.05) is 0 Å². The van der Waals surface area contributed by atoms with E-state index in [1.165, 1.54) is 17.8 Å². The van der Waals surface area contributed by atoms with E-state index in [9.17, 15) is 5.11 Å². The van der Waals surface area contributed by atoms with Crippen molar-refractivity contribution in [2.45, 2.75) is 32.4 Å². The average molecular weight is 238 g/mol. The van der Waals surface area contributed by atoms with Crippen molar-refractivity contribution in [2.75, 3.05) is 13.1 Å². The Labute approximate surface area is 100 Å². The molecule has 1 N–H and O–H groups in total. The Bertz CT molecular complexity index is 379. The molecule has 1 saturated heterocycles. The van der Waals surface area contributed by atoms with Crippen molar-refractivity contribution in [1.82, 2.24) is 9.88 Å². The van der Waals surface area contributed by atoms with Crippen molar-refractivity contribution in [3.8, 4) is 0 Å². The van der Waals surface area contributed by atoms with Crippen LogP contribution < -0.4 is 0 Å². The van der Waals surface area contributed by atoms with Gasteiger partial charge >= 0.3 is 0 Å². The summed E-state index contributed by atoms with van der Waals surface area (Å²) in [5.74, 6) is 1.28. The number of aliphatic hydroxyl groups excluding tert-OH is 1. The molecule has 1 aromatic rings. The fraction of sp³-hybridized carbons (Fsp3) is 0.750. The number of aromatic nitrogens is 1. The van der Waals surface area contributed by atoms with Crippen molar-refractivity contribution in [3.05, 3.63) is 16.1 Å². The summed E-state index contributed by atoms with van der Waals surface area (Å²) in [6.45, 7) is 5.31. The first kappa shape index (κ1) is 10.7. The number of aryl methyl sites for hydroxylation is 1. The third-order valence-electron chi connectivity index (χ3n) is 3.94. The number of hydrogen-bond donors (Lipinski definition) is 1. The van der Waals surface area contributed by atoms with Gasteiger partial charge in [0, 0.05) is 36.6 Å². The molecule has 16 heavy (non-hydrogen) atoms. The van der Waals surface area contributed by atoms with E-state index in [0.29, 0.717) is 5.92 Å². The van der Waals surface area contributed by atoms with Crippen LogP contribution in [0.1, 0.15) is 22.7 Å². The van der Waals surface area contributed by atoms with Gasteiger partial charge in [-0.2, -0.15) is 0 Å². The minimum atomic E-state index is -0.0433. The number of nitrogens with zero attached hydrogens (tertiary/aromatic N) is 2. The molecule has 3 rings (SSSR count). The van der Waals surface area contributed by atoms with E-state index >= 15 is 0 Å². The Hall–Kier alpha value is -0.450. The molecule has 0 amide bonds. The molecule has 1 aromatic heterocycles. The number of fused-ring (bicyclic) bond motifs is 1. The molecule has 2 fully saturated rings. The molecular weight excluding hydrogens is 220 g/mol. The maximum Gasteiger partial charge on any atom is 0.0897 e. The second-order valence-electron chi connectivity index (χ2n) is 5.11. The fourth-order valence-corrected chi connectivity index (χ4v) is 3.99. The number of aliphatic hydroxyl groups is 1. The highest BCUT2D eigenvalue weighted by atomic mass is 32.1. The standard InChI is InChI=1S/C12H18N2OS/c1-8-13-4-10(16-8)6-14-5-9-2-3-12(15)11(9)7-14/h4,9,11-12,15H,2-3,5-7H2,1H3. The van der Waals surface area contributed by atoms with Gasteiger partial charge in [0.05, 0.1) is 11.1 Å². The Morgan fingerprint density at radius 3 is 3.06 bits per heavy atom. The van der Waals surface area contributed by atoms with Crippen molar-refractivity contribution < 1.29 is 5.11 Å². The first-order valence-electron chi connectivity index (χ1n) is 6.04. The Morgan fingerprint density at radius 1 is 1.50 bits per heavy atom. The highest BCUT2D eigenvalue weighted by Crippen LogP contribution is 2.38. The van der Waals surface area contributed by atoms with Crippen LogP contribution in [0.3, 0.4) is 0 Å². The quantitative estimate of drug-likeness (QED) is 0.851. The van der Waals surface area contributed by atoms with Crippen LogP contribution in [-0.4, -0.2) is 34.2 Å². The van der Waals surface area contributed by atoms with E-state index in [1.54, 1.807) is 11.3 Å². The van der Waals surface area contributed by atoms with Gasteiger partial charge in [0.25, 0.3) is 0 Å². The number of thiazole rings is 1. The zero-order valence-electron chi connectivity index (χ0n) is 9.59. The summed E-state index contributed by atoms with van der Waals surface area (Å²) in [4.78, 5) is 8.12. The predicted molar refractivity (Wildman–Crippen MR) is 64.3 cm³/mol. The third kappa shape index (κ3) is 1.90. The zero-order valence-corrected chi connectivity index (χ0v) is 10.4. The van der Waals surface area contributed by atoms with E-state index in [-0.39, 0.29) is 6.10 Å². The lowest BCUT2D eigenvalue weighted by Crippen LogP contribution is -2.24. The van der Waals surface area contributed by atoms with E-state index in [4.69, 9.17) is 0 Å². The highest BCUT2D eigenvalue weighted by molar-refractivity contribution is 7.11. The van der Waals surface area contributed by atoms with Crippen LogP contribution in [0.4, 0.5) is 0 Å². The molecule has 3 unspecified atom stereocenters. The average Bonchev–Trinajstić information content (AvgIpc) is 2.88. The van der Waals surface area contributed by atoms with E-state index in [0.717, 1.165) is 30.4 Å². The van der Waals surface area contributed by atoms with E-state index < -0.39 is 0 Å². The van der Waals surface area contributed by atoms with E-state index in [1.807, 2.05) is 6.20 Å². The van der Waals surface area contributed by atoms with Gasteiger partial charge in [0.1, 0.15) is 0 Å². The predicted octanol–water partition coefficient (Wildman–Crippen LogP) is 1.65. The van der Waals surface area contributed by atoms with Gasteiger partial charge in [-0.3, -0.25) is 4.90 Å². The molecule has 3 nitrogen and oxygen atoms in total. The van der Waals surface area contributed by atoms with Crippen LogP contribution in [0.15, 0.2) is 6.20 Å². The maximum absolute atomic E-state index is 9.85. The molecular formula is C12H18N2OS. The first-order valence-corrected chi connectivity index (χ1v) is 6.86. The molecule has 0 radical (unpaired) electrons. The summed E-state index contributed by atoms with van der Waals surface area (Å²) in [5, 5.41) is 11.0. The van der Waals surface area contributed by atoms with Gasteiger partial charge in [0.2, 0.25) is 0 Å². The number of rotatable bonds is 2. The lowest BCUT2D eigenvalue weighted by Gasteiger charge is -2.16. The summed E-state index contributed by atoms with van der Waals surface area (Å²) in [7, 11) is 0. The summed E-state index contributed by atoms with van der Waals surface area (Å²) >= 11 is 1.79. The molecule has 1 saturated carbocycles. The van der Waals surface area contributed by atoms with Gasteiger partial charge in [-0.05, 0) is 25.7 Å². The molecule has 88 valence electrons. The summed E-state index contributed by atoms with van der Waals surface area (Å²) < 4.78 is 0. The molecule has 0 aromatic carbocycles. The van der Waals surface area contributed by atoms with Crippen molar-refractivity contribution in [2.24, 2.45) is 11.8 Å². The van der Waals surface area contributed by atoms with Crippen LogP contribution in [0.2, 0.25) is 0 Å². The zero-order chi connectivity index (χ0) is 11.1. The monoisotopic (exact) mass is 238 g/mol. The molecule has 3 atom stereocenters. The molecule has 2 heterocycles. The van der Waals surface area contributed by atoms with Crippen molar-refractivity contribution in [1.29, 1.82) is 0 Å². The summed E-state index contributed by atoms with van der Waals surface area (Å²) in [6.07, 6.45) is 4.18. The topological polar surface area (TPSA) is 36.4 Å². The van der Waals surface area contributed by atoms with Crippen molar-refractivity contribution >= 4 is 11.3 Å². The fourth-order valence-electron chi connectivity index (χ4n) is 3.16. The summed E-state index contributed by atoms with van der Waals surface area (Å²) in [6, 6.07) is 0. The van der Waals surface area contributed by atoms with Crippen LogP contribution in [0, 0.1) is 18.8 Å². The van der Waals surface area contributed by atoms with E-state index in [2.05, 4.69) is 16.8 Å². The van der Waals surface area contributed by atoms with Gasteiger partial charge in [0.15, 0.2) is 0 Å². The minimum absolute atomic E-state index is 0.0433. The largest absolute Gasteiger partial charge is 0.393 e. The van der Waals surface area contributed by atoms with Gasteiger partial charge in [-0.15, -0.1) is 11.3 Å². The lowest BCUT2D eigenvalue weighted by molar-refractivity contribution is 0.123. The van der Waals surface area contributed by atoms with Gasteiger partial charge < -0.3 is 5.11 Å². The molecule has 1 aliphatic carbocycles. The minimum Gasteiger partial charge on any atom is -0.393 e. The molecule has 4 heteroatoms. The van der Waals surface area contributed by atoms with Crippen molar-refractivity contribution in [3.63, 3.8) is 0 Å².